The predicted octanol–water partition coefficient (Wildman–Crippen LogP) is 1.97. The second-order valence-corrected chi connectivity index (χ2v) is 9.04. The van der Waals surface area contributed by atoms with Crippen molar-refractivity contribution in [3.05, 3.63) is 45.1 Å². The Morgan fingerprint density at radius 3 is 2.44 bits per heavy atom. The van der Waals surface area contributed by atoms with E-state index in [1.807, 2.05) is 11.8 Å². The van der Waals surface area contributed by atoms with Gasteiger partial charge in [-0.2, -0.15) is 0 Å². The molecule has 3 rings (SSSR count). The standard InChI is InChI=1S/C24H34N4O4/c1-4-5-11-25-21(29)10-12-27-23(31)19-8-6-7-9-20(19)28(24(27)32)16-22(30)26-14-17(2)13-18(3)15-26/h6-9,17-18H,4-5,10-16H2,1-3H3,(H,25,29)/t17-,18-/m1/s1. The largest absolute Gasteiger partial charge is 0.356 e. The molecular formula is C24H34N4O4. The van der Waals surface area contributed by atoms with Gasteiger partial charge in [0.2, 0.25) is 11.8 Å². The molecule has 2 atom stereocenters. The smallest absolute Gasteiger partial charge is 0.331 e. The third-order valence-electron chi connectivity index (χ3n) is 6.06. The van der Waals surface area contributed by atoms with Crippen LogP contribution in [0.3, 0.4) is 0 Å². The highest BCUT2D eigenvalue weighted by atomic mass is 16.2. The van der Waals surface area contributed by atoms with E-state index in [0.717, 1.165) is 23.8 Å². The van der Waals surface area contributed by atoms with E-state index < -0.39 is 11.2 Å². The van der Waals surface area contributed by atoms with Crippen LogP contribution in [0, 0.1) is 11.8 Å². The topological polar surface area (TPSA) is 93.4 Å². The minimum absolute atomic E-state index is 0.0214. The van der Waals surface area contributed by atoms with Gasteiger partial charge in [0.15, 0.2) is 0 Å². The second kappa shape index (κ2) is 10.6. The maximum absolute atomic E-state index is 13.2. The summed E-state index contributed by atoms with van der Waals surface area (Å²) in [5.41, 5.74) is -0.546. The number of hydrogen-bond donors (Lipinski definition) is 1. The molecule has 2 amide bonds. The van der Waals surface area contributed by atoms with Crippen molar-refractivity contribution >= 4 is 22.7 Å². The Balaban J connectivity index is 1.89. The third-order valence-corrected chi connectivity index (χ3v) is 6.06. The number of benzene rings is 1. The summed E-state index contributed by atoms with van der Waals surface area (Å²) in [6.45, 7) is 8.07. The Hall–Kier alpha value is -2.90. The van der Waals surface area contributed by atoms with E-state index in [9.17, 15) is 19.2 Å². The van der Waals surface area contributed by atoms with Gasteiger partial charge in [-0.3, -0.25) is 23.5 Å². The van der Waals surface area contributed by atoms with Crippen LogP contribution in [0.5, 0.6) is 0 Å². The van der Waals surface area contributed by atoms with Gasteiger partial charge in [-0.15, -0.1) is 0 Å². The molecule has 0 unspecified atom stereocenters. The fourth-order valence-corrected chi connectivity index (χ4v) is 4.53. The summed E-state index contributed by atoms with van der Waals surface area (Å²) in [6.07, 6.45) is 2.96. The van der Waals surface area contributed by atoms with Crippen LogP contribution in [0.2, 0.25) is 0 Å². The van der Waals surface area contributed by atoms with Gasteiger partial charge in [-0.1, -0.05) is 39.3 Å². The second-order valence-electron chi connectivity index (χ2n) is 9.04. The number of para-hydroxylation sites is 1. The first kappa shape index (κ1) is 23.8. The Bertz CT molecular complexity index is 1080. The number of rotatable bonds is 8. The zero-order valence-corrected chi connectivity index (χ0v) is 19.3. The number of carbonyl (C=O) groups is 2. The van der Waals surface area contributed by atoms with E-state index in [2.05, 4.69) is 19.2 Å². The summed E-state index contributed by atoms with van der Waals surface area (Å²) >= 11 is 0. The predicted molar refractivity (Wildman–Crippen MR) is 125 cm³/mol. The molecule has 174 valence electrons. The number of amides is 2. The molecule has 8 heteroatoms. The number of fused-ring (bicyclic) bond motifs is 1. The van der Waals surface area contributed by atoms with Gasteiger partial charge in [-0.25, -0.2) is 4.79 Å². The van der Waals surface area contributed by atoms with E-state index in [0.29, 0.717) is 42.4 Å². The number of unbranched alkanes of at least 4 members (excludes halogenated alkanes) is 1. The van der Waals surface area contributed by atoms with Crippen molar-refractivity contribution in [1.82, 2.24) is 19.4 Å². The lowest BCUT2D eigenvalue weighted by Crippen LogP contribution is -2.47. The van der Waals surface area contributed by atoms with Crippen molar-refractivity contribution in [2.24, 2.45) is 11.8 Å². The Morgan fingerprint density at radius 1 is 1.06 bits per heavy atom. The molecule has 1 aliphatic rings. The first-order valence-electron chi connectivity index (χ1n) is 11.6. The number of nitrogens with one attached hydrogen (secondary N) is 1. The lowest BCUT2D eigenvalue weighted by atomic mass is 9.92. The Labute approximate surface area is 188 Å². The highest BCUT2D eigenvalue weighted by molar-refractivity contribution is 5.82. The molecule has 1 fully saturated rings. The van der Waals surface area contributed by atoms with Gasteiger partial charge in [0.25, 0.3) is 5.56 Å². The van der Waals surface area contributed by atoms with E-state index in [1.54, 1.807) is 24.3 Å². The van der Waals surface area contributed by atoms with Crippen molar-refractivity contribution < 1.29 is 9.59 Å². The van der Waals surface area contributed by atoms with Crippen LogP contribution < -0.4 is 16.6 Å². The zero-order valence-electron chi connectivity index (χ0n) is 19.3. The molecule has 2 heterocycles. The molecule has 2 aromatic rings. The molecule has 32 heavy (non-hydrogen) atoms. The maximum Gasteiger partial charge on any atom is 0.331 e. The summed E-state index contributed by atoms with van der Waals surface area (Å²) in [7, 11) is 0. The molecule has 8 nitrogen and oxygen atoms in total. The number of likely N-dealkylation sites (tertiary alicyclic amines) is 1. The Kier molecular flexibility index (Phi) is 7.88. The van der Waals surface area contributed by atoms with Crippen molar-refractivity contribution in [2.45, 2.75) is 59.5 Å². The fraction of sp³-hybridized carbons (Fsp3) is 0.583. The van der Waals surface area contributed by atoms with E-state index in [1.165, 1.54) is 4.57 Å². The minimum atomic E-state index is -0.554. The average molecular weight is 443 g/mol. The summed E-state index contributed by atoms with van der Waals surface area (Å²) in [5.74, 6) is 0.502. The SMILES string of the molecule is CCCCNC(=O)CCn1c(=O)c2ccccc2n(CC(=O)N2C[C@H](C)C[C@@H](C)C2)c1=O. The Morgan fingerprint density at radius 2 is 1.75 bits per heavy atom. The normalized spacial score (nSPS) is 18.7. The van der Waals surface area contributed by atoms with E-state index in [-0.39, 0.29) is 31.3 Å². The molecule has 1 N–H and O–H groups in total. The first-order chi connectivity index (χ1) is 15.3. The lowest BCUT2D eigenvalue weighted by molar-refractivity contribution is -0.134. The molecule has 1 aromatic carbocycles. The summed E-state index contributed by atoms with van der Waals surface area (Å²) in [4.78, 5) is 53.2. The van der Waals surface area contributed by atoms with Crippen LogP contribution in [0.25, 0.3) is 10.9 Å². The quantitative estimate of drug-likeness (QED) is 0.633. The number of carbonyl (C=O) groups excluding carboxylic acids is 2. The van der Waals surface area contributed by atoms with Crippen molar-refractivity contribution in [1.29, 1.82) is 0 Å². The van der Waals surface area contributed by atoms with Crippen LogP contribution in [0.1, 0.15) is 46.5 Å². The summed E-state index contributed by atoms with van der Waals surface area (Å²) in [6, 6.07) is 6.82. The molecular weight excluding hydrogens is 408 g/mol. The fourth-order valence-electron chi connectivity index (χ4n) is 4.53. The van der Waals surface area contributed by atoms with Gasteiger partial charge >= 0.3 is 5.69 Å². The number of nitrogens with zero attached hydrogens (tertiary/aromatic N) is 3. The monoisotopic (exact) mass is 442 g/mol. The molecule has 1 aromatic heterocycles. The molecule has 0 radical (unpaired) electrons. The van der Waals surface area contributed by atoms with Crippen LogP contribution in [0.15, 0.2) is 33.9 Å². The molecule has 0 saturated carbocycles. The van der Waals surface area contributed by atoms with Gasteiger partial charge in [-0.05, 0) is 36.8 Å². The van der Waals surface area contributed by atoms with Crippen LogP contribution in [-0.4, -0.2) is 45.5 Å². The van der Waals surface area contributed by atoms with Crippen molar-refractivity contribution in [3.8, 4) is 0 Å². The van der Waals surface area contributed by atoms with Gasteiger partial charge < -0.3 is 10.2 Å². The molecule has 0 spiro atoms. The molecule has 1 saturated heterocycles. The van der Waals surface area contributed by atoms with Gasteiger partial charge in [0.05, 0.1) is 10.9 Å². The lowest BCUT2D eigenvalue weighted by Gasteiger charge is -2.35. The minimum Gasteiger partial charge on any atom is -0.356 e. The number of hydrogen-bond acceptors (Lipinski definition) is 4. The molecule has 0 aliphatic carbocycles. The highest BCUT2D eigenvalue weighted by Crippen LogP contribution is 2.21. The van der Waals surface area contributed by atoms with E-state index >= 15 is 0 Å². The maximum atomic E-state index is 13.2. The van der Waals surface area contributed by atoms with Crippen LogP contribution >= 0.6 is 0 Å². The van der Waals surface area contributed by atoms with Crippen molar-refractivity contribution in [3.63, 3.8) is 0 Å². The summed E-state index contributed by atoms with van der Waals surface area (Å²) < 4.78 is 2.45. The summed E-state index contributed by atoms with van der Waals surface area (Å²) in [5, 5.41) is 3.17. The number of piperidine rings is 1. The van der Waals surface area contributed by atoms with Crippen molar-refractivity contribution in [2.75, 3.05) is 19.6 Å². The van der Waals surface area contributed by atoms with Crippen LogP contribution in [0.4, 0.5) is 0 Å². The zero-order chi connectivity index (χ0) is 23.3. The molecule has 1 aliphatic heterocycles. The highest BCUT2D eigenvalue weighted by Gasteiger charge is 2.26. The average Bonchev–Trinajstić information content (AvgIpc) is 2.76. The number of aromatic nitrogens is 2. The van der Waals surface area contributed by atoms with E-state index in [4.69, 9.17) is 0 Å². The first-order valence-corrected chi connectivity index (χ1v) is 11.6. The van der Waals surface area contributed by atoms with Crippen LogP contribution in [-0.2, 0) is 22.7 Å². The van der Waals surface area contributed by atoms with Gasteiger partial charge in [0.1, 0.15) is 6.54 Å². The third kappa shape index (κ3) is 5.47. The van der Waals surface area contributed by atoms with Gasteiger partial charge in [0, 0.05) is 32.6 Å². The molecule has 0 bridgehead atoms.